The normalized spacial score (nSPS) is 12.2. The van der Waals surface area contributed by atoms with E-state index in [4.69, 9.17) is 0 Å². The van der Waals surface area contributed by atoms with E-state index in [1.807, 2.05) is 0 Å². The standard InChI is InChI=1S/C118H80N10/c1-68-36-45-102-84(54-68)85-55-69(2)37-46-103(85)123(102)113-65-114(124-104-47-38-70(3)56-86(104)87-57-71(4)39-48-105(87)124)118(94(67-120)117(113)127-107-49-40-72(5)58-88(107)89-59-73(6)41-50-108(89)127)128-109-51-42-74(7)60-90(109)92-63-76(44-53-110(92)128)61-75-43-52-106-91(62-75)83-28-14-17-31-97(83)122(106)112-64-111(121-95-29-15-8-22-77(95)78-23-9-16-30-96(78)121)115(125-98-32-18-10-24-79(98)80-25-11-19-33-99(80)125)93(66-119)116(112)126-100-34-20-12-26-81(100)82-27-13-21-35-101(82)126/h8-60,62-65H,61H2,1-7H3. The molecule has 0 amide bonds. The molecule has 602 valence electrons. The second-order valence-corrected chi connectivity index (χ2v) is 35.5. The van der Waals surface area contributed by atoms with E-state index in [1.165, 1.54) is 22.3 Å². The lowest BCUT2D eigenvalue weighted by Gasteiger charge is -2.25. The molecule has 128 heavy (non-hydrogen) atoms. The van der Waals surface area contributed by atoms with Crippen molar-refractivity contribution < 1.29 is 0 Å². The molecule has 0 aliphatic rings. The lowest BCUT2D eigenvalue weighted by atomic mass is 10.0. The number of aromatic nitrogens is 8. The molecule has 0 spiro atoms. The summed E-state index contributed by atoms with van der Waals surface area (Å²) in [6.07, 6.45) is 0.610. The Morgan fingerprint density at radius 1 is 0.172 bits per heavy atom. The minimum Gasteiger partial charge on any atom is -0.307 e. The largest absolute Gasteiger partial charge is 0.307 e. The van der Waals surface area contributed by atoms with Crippen LogP contribution < -0.4 is 0 Å². The van der Waals surface area contributed by atoms with Crippen LogP contribution in [-0.4, -0.2) is 36.5 Å². The molecule has 8 aromatic heterocycles. The predicted molar refractivity (Wildman–Crippen MR) is 533 cm³/mol. The zero-order valence-electron chi connectivity index (χ0n) is 71.6. The summed E-state index contributed by atoms with van der Waals surface area (Å²) in [6, 6.07) is 134. The lowest BCUT2D eigenvalue weighted by molar-refractivity contribution is 1.03. The molecule has 10 nitrogen and oxygen atoms in total. The summed E-state index contributed by atoms with van der Waals surface area (Å²) in [5.41, 5.74) is 34.3. The highest BCUT2D eigenvalue weighted by Crippen LogP contribution is 2.52. The maximum absolute atomic E-state index is 13.3. The van der Waals surface area contributed by atoms with Gasteiger partial charge in [0.2, 0.25) is 0 Å². The Balaban J connectivity index is 0.731. The van der Waals surface area contributed by atoms with Crippen LogP contribution in [0.3, 0.4) is 0 Å². The summed E-state index contributed by atoms with van der Waals surface area (Å²) < 4.78 is 19.4. The first-order valence-electron chi connectivity index (χ1n) is 44.1. The van der Waals surface area contributed by atoms with Crippen molar-refractivity contribution in [3.05, 3.63) is 407 Å². The number of rotatable bonds is 10. The Labute approximate surface area is 736 Å². The molecule has 10 heteroatoms. The minimum absolute atomic E-state index is 0.527. The van der Waals surface area contributed by atoms with Gasteiger partial charge in [-0.2, -0.15) is 10.5 Å². The van der Waals surface area contributed by atoms with Crippen LogP contribution in [-0.2, 0) is 6.42 Å². The molecule has 0 fully saturated rings. The van der Waals surface area contributed by atoms with Crippen molar-refractivity contribution in [1.29, 1.82) is 10.5 Å². The summed E-state index contributed by atoms with van der Waals surface area (Å²) in [5, 5.41) is 44.0. The molecule has 0 atom stereocenters. The van der Waals surface area contributed by atoms with Crippen LogP contribution in [0.4, 0.5) is 0 Å². The number of aryl methyl sites for hydroxylation is 7. The van der Waals surface area contributed by atoms with Crippen molar-refractivity contribution in [3.63, 3.8) is 0 Å². The topological polar surface area (TPSA) is 87.0 Å². The molecule has 0 N–H and O–H groups in total. The van der Waals surface area contributed by atoms with Gasteiger partial charge in [-0.15, -0.1) is 0 Å². The van der Waals surface area contributed by atoms with Crippen molar-refractivity contribution in [3.8, 4) is 57.6 Å². The summed E-state index contributed by atoms with van der Waals surface area (Å²) in [7, 11) is 0. The van der Waals surface area contributed by atoms with Crippen molar-refractivity contribution in [2.75, 3.05) is 0 Å². The van der Waals surface area contributed by atoms with E-state index in [2.05, 4.69) is 443 Å². The number of fused-ring (bicyclic) bond motifs is 24. The van der Waals surface area contributed by atoms with Crippen molar-refractivity contribution >= 4 is 174 Å². The fraction of sp³-hybridized carbons (Fsp3) is 0.0678. The van der Waals surface area contributed by atoms with Crippen LogP contribution in [0.1, 0.15) is 61.2 Å². The highest BCUT2D eigenvalue weighted by molar-refractivity contribution is 6.19. The molecule has 0 bridgehead atoms. The Bertz CT molecular complexity index is 9220. The number of nitriles is 2. The van der Waals surface area contributed by atoms with Crippen molar-refractivity contribution in [2.45, 2.75) is 54.9 Å². The van der Waals surface area contributed by atoms with Gasteiger partial charge in [0.25, 0.3) is 0 Å². The average Bonchev–Trinajstić information content (AvgIpc) is 1.52. The molecule has 0 saturated carbocycles. The van der Waals surface area contributed by atoms with Crippen LogP contribution in [0.15, 0.2) is 346 Å². The maximum atomic E-state index is 13.3. The molecular weight excluding hydrogens is 1560 g/mol. The fourth-order valence-electron chi connectivity index (χ4n) is 22.3. The molecule has 0 saturated heterocycles. The van der Waals surface area contributed by atoms with Gasteiger partial charge in [-0.05, 0) is 230 Å². The fourth-order valence-corrected chi connectivity index (χ4v) is 22.3. The van der Waals surface area contributed by atoms with Gasteiger partial charge in [0.05, 0.1) is 134 Å². The Morgan fingerprint density at radius 2 is 0.336 bits per heavy atom. The molecule has 0 unspecified atom stereocenters. The van der Waals surface area contributed by atoms with E-state index in [1.54, 1.807) is 0 Å². The van der Waals surface area contributed by atoms with Gasteiger partial charge in [-0.1, -0.05) is 221 Å². The highest BCUT2D eigenvalue weighted by Gasteiger charge is 2.35. The van der Waals surface area contributed by atoms with Gasteiger partial charge in [0, 0.05) is 86.2 Å². The molecular formula is C118H80N10. The lowest BCUT2D eigenvalue weighted by Crippen LogP contribution is -2.14. The number of hydrogen-bond acceptors (Lipinski definition) is 2. The molecule has 8 heterocycles. The van der Waals surface area contributed by atoms with E-state index in [0.29, 0.717) is 17.5 Å². The van der Waals surface area contributed by atoms with Crippen LogP contribution in [0.5, 0.6) is 0 Å². The van der Waals surface area contributed by atoms with Gasteiger partial charge in [-0.25, -0.2) is 0 Å². The van der Waals surface area contributed by atoms with Gasteiger partial charge in [-0.3, -0.25) is 0 Å². The Kier molecular flexibility index (Phi) is 15.5. The third-order valence-corrected chi connectivity index (χ3v) is 27.6. The Morgan fingerprint density at radius 3 is 0.555 bits per heavy atom. The monoisotopic (exact) mass is 1640 g/mol. The van der Waals surface area contributed by atoms with Crippen LogP contribution in [0, 0.1) is 71.1 Å². The SMILES string of the molecule is Cc1ccc2c(c1)c1cc(C)ccc1n2-c1cc(-n2c3ccc(C)cc3c3cc(C)ccc32)c(-n2c3ccc(C)cc3c3cc(Cc4ccc5c(c4)c4ccccc4n5-c4cc(-n5c6ccccc6c6ccccc65)c(-n5c6ccccc6c6ccccc65)c(C#N)c4-n4c5ccccc5c5ccccc54)ccc32)c(C#N)c1-n1c2ccc(C)cc2c2cc(C)ccc21. The van der Waals surface area contributed by atoms with E-state index >= 15 is 0 Å². The van der Waals surface area contributed by atoms with Crippen LogP contribution in [0.25, 0.3) is 220 Å². The number of hydrogen-bond donors (Lipinski definition) is 0. The molecule has 26 rings (SSSR count). The van der Waals surface area contributed by atoms with Gasteiger partial charge >= 0.3 is 0 Å². The summed E-state index contributed by atoms with van der Waals surface area (Å²) >= 11 is 0. The third kappa shape index (κ3) is 10.3. The molecule has 26 aromatic rings. The molecule has 0 aliphatic heterocycles. The van der Waals surface area contributed by atoms with Crippen molar-refractivity contribution in [2.24, 2.45) is 0 Å². The van der Waals surface area contributed by atoms with E-state index in [9.17, 15) is 10.5 Å². The van der Waals surface area contributed by atoms with Gasteiger partial charge < -0.3 is 36.5 Å². The molecule has 18 aromatic carbocycles. The Hall–Kier alpha value is -16.7. The minimum atomic E-state index is 0.527. The number of para-hydroxylation sites is 7. The molecule has 0 radical (unpaired) electrons. The predicted octanol–water partition coefficient (Wildman–Crippen LogP) is 30.0. The number of benzene rings is 18. The van der Waals surface area contributed by atoms with E-state index in [-0.39, 0.29) is 0 Å². The zero-order chi connectivity index (χ0) is 85.5. The molecule has 0 aliphatic carbocycles. The number of nitrogens with zero attached hydrogens (tertiary/aromatic N) is 10. The first kappa shape index (κ1) is 72.9. The van der Waals surface area contributed by atoms with E-state index < -0.39 is 0 Å². The van der Waals surface area contributed by atoms with E-state index in [0.717, 1.165) is 248 Å². The van der Waals surface area contributed by atoms with Crippen LogP contribution >= 0.6 is 0 Å². The third-order valence-electron chi connectivity index (χ3n) is 27.6. The van der Waals surface area contributed by atoms with Gasteiger partial charge in [0.15, 0.2) is 0 Å². The first-order chi connectivity index (χ1) is 62.8. The summed E-state index contributed by atoms with van der Waals surface area (Å²) in [5.74, 6) is 0. The zero-order valence-corrected chi connectivity index (χ0v) is 71.6. The maximum Gasteiger partial charge on any atom is 0.104 e. The van der Waals surface area contributed by atoms with Crippen molar-refractivity contribution in [1.82, 2.24) is 36.5 Å². The average molecular weight is 1640 g/mol. The smallest absolute Gasteiger partial charge is 0.104 e. The van der Waals surface area contributed by atoms with Crippen LogP contribution in [0.2, 0.25) is 0 Å². The summed E-state index contributed by atoms with van der Waals surface area (Å²) in [4.78, 5) is 0. The second-order valence-electron chi connectivity index (χ2n) is 35.5. The first-order valence-corrected chi connectivity index (χ1v) is 44.1. The quantitative estimate of drug-likeness (QED) is 0.137. The second kappa shape index (κ2) is 27.2. The highest BCUT2D eigenvalue weighted by atomic mass is 15.1. The van der Waals surface area contributed by atoms with Gasteiger partial charge in [0.1, 0.15) is 23.3 Å². The summed E-state index contributed by atoms with van der Waals surface area (Å²) in [6.45, 7) is 15.3.